The summed E-state index contributed by atoms with van der Waals surface area (Å²) < 4.78 is 5.36. The van der Waals surface area contributed by atoms with Gasteiger partial charge in [0.25, 0.3) is 0 Å². The molecule has 0 saturated carbocycles. The highest BCUT2D eigenvalue weighted by Gasteiger charge is 2.07. The Morgan fingerprint density at radius 3 is 2.86 bits per heavy atom. The molecule has 0 atom stereocenters. The van der Waals surface area contributed by atoms with Crippen molar-refractivity contribution >= 4 is 11.5 Å². The van der Waals surface area contributed by atoms with Crippen molar-refractivity contribution in [2.75, 3.05) is 24.2 Å². The lowest BCUT2D eigenvalue weighted by Gasteiger charge is -2.09. The first kappa shape index (κ1) is 10.6. The quantitative estimate of drug-likeness (QED) is 0.742. The summed E-state index contributed by atoms with van der Waals surface area (Å²) in [6, 6.07) is 0. The molecule has 1 aromatic heterocycles. The van der Waals surface area contributed by atoms with E-state index in [0.29, 0.717) is 24.0 Å². The highest BCUT2D eigenvalue weighted by atomic mass is 16.5. The molecular weight excluding hydrogens is 180 g/mol. The molecule has 14 heavy (non-hydrogen) atoms. The maximum atomic E-state index is 5.80. The van der Waals surface area contributed by atoms with Crippen LogP contribution in [0.5, 0.6) is 5.88 Å². The zero-order chi connectivity index (χ0) is 10.4. The number of nitrogens with two attached hydrogens (primary N) is 1. The molecule has 0 radical (unpaired) electrons. The van der Waals surface area contributed by atoms with Gasteiger partial charge in [0.05, 0.1) is 6.61 Å². The summed E-state index contributed by atoms with van der Waals surface area (Å²) in [4.78, 5) is 7.97. The minimum absolute atomic E-state index is 0.456. The monoisotopic (exact) mass is 196 g/mol. The van der Waals surface area contributed by atoms with Gasteiger partial charge in [-0.05, 0) is 13.3 Å². The summed E-state index contributed by atoms with van der Waals surface area (Å²) in [6.45, 7) is 5.40. The number of rotatable bonds is 5. The van der Waals surface area contributed by atoms with E-state index < -0.39 is 0 Å². The van der Waals surface area contributed by atoms with E-state index in [2.05, 4.69) is 15.3 Å². The van der Waals surface area contributed by atoms with Crippen LogP contribution in [0.3, 0.4) is 0 Å². The standard InChI is InChI=1S/C9H16N4O/c1-3-5-14-9-7(10)8(11-4-2)12-6-13-9/h6H,3-5,10H2,1-2H3,(H,11,12,13). The number of nitrogen functional groups attached to an aromatic ring is 1. The van der Waals surface area contributed by atoms with Crippen LogP contribution in [0, 0.1) is 0 Å². The molecule has 0 aromatic carbocycles. The van der Waals surface area contributed by atoms with Gasteiger partial charge in [0.15, 0.2) is 5.82 Å². The average molecular weight is 196 g/mol. The molecule has 78 valence electrons. The van der Waals surface area contributed by atoms with Gasteiger partial charge in [-0.3, -0.25) is 0 Å². The van der Waals surface area contributed by atoms with Gasteiger partial charge in [0.1, 0.15) is 12.0 Å². The number of aromatic nitrogens is 2. The summed E-state index contributed by atoms with van der Waals surface area (Å²) in [5.41, 5.74) is 6.27. The molecule has 0 aliphatic rings. The largest absolute Gasteiger partial charge is 0.476 e. The maximum Gasteiger partial charge on any atom is 0.242 e. The second kappa shape index (κ2) is 5.26. The third-order valence-electron chi connectivity index (χ3n) is 1.63. The fraction of sp³-hybridized carbons (Fsp3) is 0.556. The van der Waals surface area contributed by atoms with E-state index in [-0.39, 0.29) is 0 Å². The highest BCUT2D eigenvalue weighted by Crippen LogP contribution is 2.24. The molecule has 0 amide bonds. The van der Waals surface area contributed by atoms with E-state index in [9.17, 15) is 0 Å². The molecule has 3 N–H and O–H groups in total. The Morgan fingerprint density at radius 2 is 2.21 bits per heavy atom. The smallest absolute Gasteiger partial charge is 0.242 e. The van der Waals surface area contributed by atoms with Gasteiger partial charge in [-0.15, -0.1) is 0 Å². The minimum atomic E-state index is 0.456. The molecule has 1 heterocycles. The van der Waals surface area contributed by atoms with Crippen LogP contribution in [0.25, 0.3) is 0 Å². The van der Waals surface area contributed by atoms with E-state index in [0.717, 1.165) is 13.0 Å². The summed E-state index contributed by atoms with van der Waals surface area (Å²) in [7, 11) is 0. The predicted octanol–water partition coefficient (Wildman–Crippen LogP) is 1.28. The molecule has 0 bridgehead atoms. The highest BCUT2D eigenvalue weighted by molar-refractivity contribution is 5.66. The lowest BCUT2D eigenvalue weighted by molar-refractivity contribution is 0.306. The first-order valence-electron chi connectivity index (χ1n) is 4.76. The molecule has 0 spiro atoms. The van der Waals surface area contributed by atoms with Gasteiger partial charge in [0.2, 0.25) is 5.88 Å². The minimum Gasteiger partial charge on any atom is -0.476 e. The number of hydrogen-bond acceptors (Lipinski definition) is 5. The van der Waals surface area contributed by atoms with Gasteiger partial charge in [-0.1, -0.05) is 6.92 Å². The Morgan fingerprint density at radius 1 is 1.43 bits per heavy atom. The molecule has 5 heteroatoms. The fourth-order valence-corrected chi connectivity index (χ4v) is 1.00. The Labute approximate surface area is 83.7 Å². The predicted molar refractivity (Wildman–Crippen MR) is 56.4 cm³/mol. The van der Waals surface area contributed by atoms with E-state index in [4.69, 9.17) is 10.5 Å². The van der Waals surface area contributed by atoms with Crippen LogP contribution in [-0.2, 0) is 0 Å². The first-order chi connectivity index (χ1) is 6.79. The van der Waals surface area contributed by atoms with E-state index in [1.54, 1.807) is 0 Å². The maximum absolute atomic E-state index is 5.80. The van der Waals surface area contributed by atoms with Crippen molar-refractivity contribution in [2.45, 2.75) is 20.3 Å². The normalized spacial score (nSPS) is 9.86. The first-order valence-corrected chi connectivity index (χ1v) is 4.76. The van der Waals surface area contributed by atoms with Gasteiger partial charge in [0, 0.05) is 6.54 Å². The molecule has 0 unspecified atom stereocenters. The fourth-order valence-electron chi connectivity index (χ4n) is 1.00. The van der Waals surface area contributed by atoms with E-state index >= 15 is 0 Å². The van der Waals surface area contributed by atoms with Crippen LogP contribution in [-0.4, -0.2) is 23.1 Å². The molecule has 0 aliphatic heterocycles. The summed E-state index contributed by atoms with van der Waals surface area (Å²) in [5.74, 6) is 1.09. The van der Waals surface area contributed by atoms with Crippen LogP contribution in [0.15, 0.2) is 6.33 Å². The third kappa shape index (κ3) is 2.48. The SMILES string of the molecule is CCCOc1ncnc(NCC)c1N. The van der Waals surface area contributed by atoms with Crippen molar-refractivity contribution in [1.82, 2.24) is 9.97 Å². The number of nitrogens with zero attached hydrogens (tertiary/aromatic N) is 2. The topological polar surface area (TPSA) is 73.1 Å². The van der Waals surface area contributed by atoms with Gasteiger partial charge in [-0.2, -0.15) is 4.98 Å². The van der Waals surface area contributed by atoms with Gasteiger partial charge in [-0.25, -0.2) is 4.98 Å². The van der Waals surface area contributed by atoms with Gasteiger partial charge < -0.3 is 15.8 Å². The zero-order valence-corrected chi connectivity index (χ0v) is 8.58. The van der Waals surface area contributed by atoms with Gasteiger partial charge >= 0.3 is 0 Å². The van der Waals surface area contributed by atoms with Crippen LogP contribution in [0.4, 0.5) is 11.5 Å². The van der Waals surface area contributed by atoms with Crippen molar-refractivity contribution in [3.63, 3.8) is 0 Å². The Bertz CT molecular complexity index is 290. The second-order valence-electron chi connectivity index (χ2n) is 2.82. The Balaban J connectivity index is 2.78. The average Bonchev–Trinajstić information content (AvgIpc) is 2.20. The van der Waals surface area contributed by atoms with E-state index in [1.807, 2.05) is 13.8 Å². The molecule has 1 aromatic rings. The molecule has 5 nitrogen and oxygen atoms in total. The molecule has 1 rings (SSSR count). The molecule has 0 fully saturated rings. The molecule has 0 aliphatic carbocycles. The Hall–Kier alpha value is -1.52. The lowest BCUT2D eigenvalue weighted by Crippen LogP contribution is -2.07. The molecule has 0 saturated heterocycles. The number of nitrogens with one attached hydrogen (secondary N) is 1. The van der Waals surface area contributed by atoms with Crippen LogP contribution in [0.2, 0.25) is 0 Å². The van der Waals surface area contributed by atoms with Crippen LogP contribution >= 0.6 is 0 Å². The Kier molecular flexibility index (Phi) is 3.97. The van der Waals surface area contributed by atoms with Crippen molar-refractivity contribution < 1.29 is 4.74 Å². The third-order valence-corrected chi connectivity index (χ3v) is 1.63. The van der Waals surface area contributed by atoms with Crippen molar-refractivity contribution in [1.29, 1.82) is 0 Å². The number of hydrogen-bond donors (Lipinski definition) is 2. The second-order valence-corrected chi connectivity index (χ2v) is 2.82. The zero-order valence-electron chi connectivity index (χ0n) is 8.58. The lowest BCUT2D eigenvalue weighted by atomic mass is 10.4. The summed E-state index contributed by atoms with van der Waals surface area (Å²) in [6.07, 6.45) is 2.37. The molecular formula is C9H16N4O. The van der Waals surface area contributed by atoms with Crippen molar-refractivity contribution in [3.05, 3.63) is 6.33 Å². The summed E-state index contributed by atoms with van der Waals surface area (Å²) in [5, 5.41) is 3.04. The number of ether oxygens (including phenoxy) is 1. The van der Waals surface area contributed by atoms with E-state index in [1.165, 1.54) is 6.33 Å². The number of anilines is 2. The summed E-state index contributed by atoms with van der Waals surface area (Å²) >= 11 is 0. The van der Waals surface area contributed by atoms with Crippen molar-refractivity contribution in [2.24, 2.45) is 0 Å². The van der Waals surface area contributed by atoms with Crippen LogP contribution < -0.4 is 15.8 Å². The van der Waals surface area contributed by atoms with Crippen LogP contribution in [0.1, 0.15) is 20.3 Å². The van der Waals surface area contributed by atoms with Crippen molar-refractivity contribution in [3.8, 4) is 5.88 Å².